The lowest BCUT2D eigenvalue weighted by Gasteiger charge is -2.20. The zero-order valence-corrected chi connectivity index (χ0v) is 14.5. The summed E-state index contributed by atoms with van der Waals surface area (Å²) in [4.78, 5) is 10.8. The molecule has 0 radical (unpaired) electrons. The van der Waals surface area contributed by atoms with Gasteiger partial charge < -0.3 is 9.84 Å². The van der Waals surface area contributed by atoms with Crippen molar-refractivity contribution >= 4 is 12.0 Å². The minimum atomic E-state index is -0.199. The molecular formula is C22H24O3. The minimum absolute atomic E-state index is 0.199. The van der Waals surface area contributed by atoms with Crippen LogP contribution in [0.3, 0.4) is 0 Å². The van der Waals surface area contributed by atoms with E-state index in [9.17, 15) is 9.90 Å². The molecule has 1 N–H and O–H groups in total. The van der Waals surface area contributed by atoms with E-state index in [2.05, 4.69) is 43.3 Å². The van der Waals surface area contributed by atoms with Crippen LogP contribution in [0.5, 0.6) is 0 Å². The van der Waals surface area contributed by atoms with E-state index in [1.165, 1.54) is 11.1 Å². The number of hydrogen-bond acceptors (Lipinski definition) is 3. The Morgan fingerprint density at radius 2 is 1.92 bits per heavy atom. The first-order valence-electron chi connectivity index (χ1n) is 8.87. The third-order valence-electron chi connectivity index (χ3n) is 4.84. The van der Waals surface area contributed by atoms with Crippen LogP contribution >= 0.6 is 0 Å². The summed E-state index contributed by atoms with van der Waals surface area (Å²) in [5, 5.41) is 9.41. The minimum Gasteiger partial charge on any atom is -0.457 e. The number of esters is 1. The van der Waals surface area contributed by atoms with Crippen LogP contribution < -0.4 is 0 Å². The molecule has 4 rings (SSSR count). The number of ether oxygens (including phenoxy) is 1. The molecule has 0 aromatic heterocycles. The second-order valence-corrected chi connectivity index (χ2v) is 6.48. The Bertz CT molecular complexity index is 763. The van der Waals surface area contributed by atoms with Gasteiger partial charge >= 0.3 is 5.97 Å². The molecule has 2 aromatic rings. The Balaban J connectivity index is 0.000000157. The zero-order chi connectivity index (χ0) is 17.6. The number of cyclic esters (lactones) is 1. The number of carbonyl (C=O) groups excluding carboxylic acids is 1. The van der Waals surface area contributed by atoms with E-state index in [0.717, 1.165) is 18.4 Å². The summed E-state index contributed by atoms with van der Waals surface area (Å²) in [5.41, 5.74) is 4.40. The lowest BCUT2D eigenvalue weighted by atomic mass is 9.85. The fourth-order valence-corrected chi connectivity index (χ4v) is 3.51. The summed E-state index contributed by atoms with van der Waals surface area (Å²) in [6, 6.07) is 15.9. The number of rotatable bonds is 4. The van der Waals surface area contributed by atoms with Gasteiger partial charge in [-0.25, -0.2) is 4.79 Å². The number of aliphatic hydroxyl groups is 1. The Kier molecular flexibility index (Phi) is 5.67. The van der Waals surface area contributed by atoms with Crippen molar-refractivity contribution in [1.29, 1.82) is 0 Å². The first kappa shape index (κ1) is 17.4. The van der Waals surface area contributed by atoms with Crippen molar-refractivity contribution in [2.24, 2.45) is 5.92 Å². The van der Waals surface area contributed by atoms with E-state index in [4.69, 9.17) is 4.74 Å². The van der Waals surface area contributed by atoms with Gasteiger partial charge in [-0.05, 0) is 29.5 Å². The van der Waals surface area contributed by atoms with Crippen molar-refractivity contribution in [3.05, 3.63) is 76.9 Å². The monoisotopic (exact) mass is 336 g/mol. The largest absolute Gasteiger partial charge is 0.457 e. The van der Waals surface area contributed by atoms with E-state index in [1.54, 1.807) is 6.07 Å². The van der Waals surface area contributed by atoms with Crippen molar-refractivity contribution < 1.29 is 14.6 Å². The van der Waals surface area contributed by atoms with Crippen LogP contribution in [-0.4, -0.2) is 17.7 Å². The number of fused-ring (bicyclic) bond motifs is 2. The predicted molar refractivity (Wildman–Crippen MR) is 99.3 cm³/mol. The zero-order valence-electron chi connectivity index (χ0n) is 14.5. The molecule has 0 amide bonds. The second-order valence-electron chi connectivity index (χ2n) is 6.48. The van der Waals surface area contributed by atoms with Gasteiger partial charge in [-0.1, -0.05) is 68.0 Å². The van der Waals surface area contributed by atoms with Gasteiger partial charge in [0.05, 0.1) is 5.56 Å². The number of carbonyl (C=O) groups is 1. The highest BCUT2D eigenvalue weighted by Crippen LogP contribution is 2.37. The SMILES string of the molecule is CCCC(CO)C1C=Cc2ccccc21.O=C1OCc2ccccc21. The number of hydrogen-bond donors (Lipinski definition) is 1. The second kappa shape index (κ2) is 8.13. The summed E-state index contributed by atoms with van der Waals surface area (Å²) in [6.07, 6.45) is 6.65. The van der Waals surface area contributed by atoms with Gasteiger partial charge in [-0.3, -0.25) is 0 Å². The smallest absolute Gasteiger partial charge is 0.338 e. The maximum absolute atomic E-state index is 10.8. The molecule has 0 saturated heterocycles. The molecule has 1 aliphatic carbocycles. The van der Waals surface area contributed by atoms with Crippen LogP contribution in [-0.2, 0) is 11.3 Å². The third kappa shape index (κ3) is 3.83. The predicted octanol–water partition coefficient (Wildman–Crippen LogP) is 4.56. The molecule has 130 valence electrons. The van der Waals surface area contributed by atoms with Crippen molar-refractivity contribution in [3.63, 3.8) is 0 Å². The van der Waals surface area contributed by atoms with Gasteiger partial charge in [0, 0.05) is 18.1 Å². The van der Waals surface area contributed by atoms with E-state index in [-0.39, 0.29) is 12.6 Å². The summed E-state index contributed by atoms with van der Waals surface area (Å²) in [5.74, 6) is 0.608. The highest BCUT2D eigenvalue weighted by Gasteiger charge is 2.24. The first-order chi connectivity index (χ1) is 12.2. The summed E-state index contributed by atoms with van der Waals surface area (Å²) in [6.45, 7) is 2.90. The van der Waals surface area contributed by atoms with Crippen LogP contribution in [0.15, 0.2) is 54.6 Å². The molecule has 1 aliphatic heterocycles. The van der Waals surface area contributed by atoms with Crippen LogP contribution in [0.1, 0.15) is 52.7 Å². The lowest BCUT2D eigenvalue weighted by Crippen LogP contribution is -2.14. The van der Waals surface area contributed by atoms with E-state index < -0.39 is 0 Å². The third-order valence-corrected chi connectivity index (χ3v) is 4.84. The Morgan fingerprint density at radius 3 is 2.68 bits per heavy atom. The molecule has 2 aromatic carbocycles. The van der Waals surface area contributed by atoms with Crippen LogP contribution in [0.4, 0.5) is 0 Å². The topological polar surface area (TPSA) is 46.5 Å². The molecular weight excluding hydrogens is 312 g/mol. The summed E-state index contributed by atoms with van der Waals surface area (Å²) < 4.78 is 4.78. The molecule has 2 unspecified atom stereocenters. The number of allylic oxidation sites excluding steroid dienone is 1. The molecule has 3 heteroatoms. The van der Waals surface area contributed by atoms with Crippen molar-refractivity contribution in [2.45, 2.75) is 32.3 Å². The van der Waals surface area contributed by atoms with Crippen LogP contribution in [0.2, 0.25) is 0 Å². The van der Waals surface area contributed by atoms with Gasteiger partial charge in [0.15, 0.2) is 0 Å². The average Bonchev–Trinajstić information content (AvgIpc) is 3.25. The Hall–Kier alpha value is -2.39. The van der Waals surface area contributed by atoms with Crippen LogP contribution in [0.25, 0.3) is 6.08 Å². The molecule has 0 fully saturated rings. The van der Waals surface area contributed by atoms with Crippen LogP contribution in [0, 0.1) is 5.92 Å². The average molecular weight is 336 g/mol. The number of benzene rings is 2. The number of aliphatic hydroxyl groups excluding tert-OH is 1. The standard InChI is InChI=1S/C14H18O.C8H6O2/c1-2-5-12(10-15)14-9-8-11-6-3-4-7-13(11)14;9-8-7-4-2-1-3-6(7)5-10-8/h3-4,6-9,12,14-15H,2,5,10H2,1H3;1-4H,5H2. The molecule has 0 spiro atoms. The quantitative estimate of drug-likeness (QED) is 0.832. The van der Waals surface area contributed by atoms with E-state index >= 15 is 0 Å². The molecule has 0 saturated carbocycles. The van der Waals surface area contributed by atoms with Crippen molar-refractivity contribution in [3.8, 4) is 0 Å². The maximum Gasteiger partial charge on any atom is 0.338 e. The van der Waals surface area contributed by atoms with E-state index in [1.807, 2.05) is 18.2 Å². The molecule has 0 bridgehead atoms. The van der Waals surface area contributed by atoms with Gasteiger partial charge in [0.2, 0.25) is 0 Å². The summed E-state index contributed by atoms with van der Waals surface area (Å²) >= 11 is 0. The molecule has 2 aliphatic rings. The highest BCUT2D eigenvalue weighted by molar-refractivity contribution is 5.93. The molecule has 2 atom stereocenters. The van der Waals surface area contributed by atoms with Crippen molar-refractivity contribution in [2.75, 3.05) is 6.61 Å². The highest BCUT2D eigenvalue weighted by atomic mass is 16.5. The van der Waals surface area contributed by atoms with E-state index in [0.29, 0.717) is 24.0 Å². The molecule has 25 heavy (non-hydrogen) atoms. The first-order valence-corrected chi connectivity index (χ1v) is 8.87. The Morgan fingerprint density at radius 1 is 1.16 bits per heavy atom. The van der Waals surface area contributed by atoms with Gasteiger partial charge in [0.1, 0.15) is 6.61 Å². The van der Waals surface area contributed by atoms with Gasteiger partial charge in [0.25, 0.3) is 0 Å². The fourth-order valence-electron chi connectivity index (χ4n) is 3.51. The molecule has 1 heterocycles. The normalized spacial score (nSPS) is 18.0. The molecule has 3 nitrogen and oxygen atoms in total. The van der Waals surface area contributed by atoms with Gasteiger partial charge in [-0.2, -0.15) is 0 Å². The maximum atomic E-state index is 10.8. The lowest BCUT2D eigenvalue weighted by molar-refractivity contribution is 0.0535. The fraction of sp³-hybridized carbons (Fsp3) is 0.318. The Labute approximate surface area is 149 Å². The van der Waals surface area contributed by atoms with Gasteiger partial charge in [-0.15, -0.1) is 0 Å². The summed E-state index contributed by atoms with van der Waals surface area (Å²) in [7, 11) is 0. The van der Waals surface area contributed by atoms with Crippen molar-refractivity contribution in [1.82, 2.24) is 0 Å².